The fourth-order valence-electron chi connectivity index (χ4n) is 1.81. The van der Waals surface area contributed by atoms with Gasteiger partial charge >= 0.3 is 6.09 Å². The molecule has 1 fully saturated rings. The molecule has 0 radical (unpaired) electrons. The molecule has 1 N–H and O–H groups in total. The minimum atomic E-state index is -0.468. The van der Waals surface area contributed by atoms with Crippen molar-refractivity contribution in [2.75, 3.05) is 13.1 Å². The van der Waals surface area contributed by atoms with Gasteiger partial charge in [-0.25, -0.2) is 4.79 Å². The Bertz CT molecular complexity index is 290. The van der Waals surface area contributed by atoms with Crippen LogP contribution in [0.25, 0.3) is 0 Å². The minimum Gasteiger partial charge on any atom is -0.444 e. The summed E-state index contributed by atoms with van der Waals surface area (Å²) in [4.78, 5) is 24.5. The average molecular weight is 272 g/mol. The predicted molar refractivity (Wildman–Crippen MR) is 76.0 cm³/mol. The van der Waals surface area contributed by atoms with Crippen LogP contribution in [-0.4, -0.2) is 41.6 Å². The molecule has 112 valence electrons. The van der Waals surface area contributed by atoms with Gasteiger partial charge in [0.2, 0.25) is 5.91 Å². The molecule has 0 unspecified atom stereocenters. The first-order chi connectivity index (χ1) is 8.78. The molecule has 0 saturated carbocycles. The summed E-state index contributed by atoms with van der Waals surface area (Å²) in [5, 5.41) is 2.84. The van der Waals surface area contributed by atoms with Gasteiger partial charge in [0, 0.05) is 26.1 Å². The summed E-state index contributed by atoms with van der Waals surface area (Å²) in [7, 11) is 0. The van der Waals surface area contributed by atoms with Crippen LogP contribution in [0, 0.1) is 0 Å². The molecule has 19 heavy (non-hydrogen) atoms. The van der Waals surface area contributed by atoms with Crippen LogP contribution in [0.5, 0.6) is 0 Å². The molecule has 0 aromatic rings. The molecule has 0 aliphatic carbocycles. The second kappa shape index (κ2) is 8.02. The van der Waals surface area contributed by atoms with Gasteiger partial charge < -0.3 is 15.0 Å². The number of likely N-dealkylation sites (tertiary alicyclic amines) is 1. The molecule has 1 saturated heterocycles. The van der Waals surface area contributed by atoms with Gasteiger partial charge in [0.05, 0.1) is 0 Å². The number of carbonyl (C=O) groups excluding carboxylic acids is 2. The number of nitrogens with one attached hydrogen (secondary N) is 1. The maximum absolute atomic E-state index is 11.5. The van der Waals surface area contributed by atoms with Crippen LogP contribution in [0.3, 0.4) is 0 Å². The second-order valence-electron chi connectivity index (χ2n) is 5.43. The standard InChI is InChI=1S/C12H22N2O3.C2H6/c1-9(15)14-7-5-10(6-8-14)13-11(16)17-12(2,3)4;1-2/h10H,5-8H2,1-4H3,(H,13,16);1-2H3. The van der Waals surface area contributed by atoms with Gasteiger partial charge in [-0.1, -0.05) is 13.8 Å². The molecule has 1 aliphatic rings. The molecular weight excluding hydrogens is 244 g/mol. The number of nitrogens with zero attached hydrogens (tertiary/aromatic N) is 1. The summed E-state index contributed by atoms with van der Waals surface area (Å²) in [5.74, 6) is 0.0979. The lowest BCUT2D eigenvalue weighted by Gasteiger charge is -2.32. The summed E-state index contributed by atoms with van der Waals surface area (Å²) in [6.45, 7) is 12.5. The van der Waals surface area contributed by atoms with Crippen molar-refractivity contribution in [3.05, 3.63) is 0 Å². The van der Waals surface area contributed by atoms with E-state index >= 15 is 0 Å². The topological polar surface area (TPSA) is 58.6 Å². The van der Waals surface area contributed by atoms with E-state index in [1.165, 1.54) is 0 Å². The highest BCUT2D eigenvalue weighted by Crippen LogP contribution is 2.12. The van der Waals surface area contributed by atoms with Gasteiger partial charge in [-0.3, -0.25) is 4.79 Å². The molecule has 2 amide bonds. The lowest BCUT2D eigenvalue weighted by Crippen LogP contribution is -2.47. The monoisotopic (exact) mass is 272 g/mol. The molecular formula is C14H28N2O3. The largest absolute Gasteiger partial charge is 0.444 e. The van der Waals surface area contributed by atoms with Crippen LogP contribution in [0.2, 0.25) is 0 Å². The van der Waals surface area contributed by atoms with E-state index in [0.29, 0.717) is 13.1 Å². The molecule has 0 bridgehead atoms. The van der Waals surface area contributed by atoms with Gasteiger partial charge in [0.1, 0.15) is 5.60 Å². The molecule has 1 heterocycles. The predicted octanol–water partition coefficient (Wildman–Crippen LogP) is 2.55. The van der Waals surface area contributed by atoms with Crippen LogP contribution in [0.15, 0.2) is 0 Å². The first-order valence-corrected chi connectivity index (χ1v) is 7.03. The Morgan fingerprint density at radius 3 is 2.00 bits per heavy atom. The molecule has 0 aromatic heterocycles. The summed E-state index contributed by atoms with van der Waals surface area (Å²) in [5.41, 5.74) is -0.468. The van der Waals surface area contributed by atoms with E-state index in [0.717, 1.165) is 12.8 Å². The highest BCUT2D eigenvalue weighted by atomic mass is 16.6. The Hall–Kier alpha value is -1.26. The summed E-state index contributed by atoms with van der Waals surface area (Å²) in [6.07, 6.45) is 1.20. The van der Waals surface area contributed by atoms with Gasteiger partial charge in [-0.05, 0) is 33.6 Å². The van der Waals surface area contributed by atoms with Crippen LogP contribution in [-0.2, 0) is 9.53 Å². The van der Waals surface area contributed by atoms with E-state index in [-0.39, 0.29) is 18.0 Å². The highest BCUT2D eigenvalue weighted by Gasteiger charge is 2.24. The lowest BCUT2D eigenvalue weighted by atomic mass is 10.1. The van der Waals surface area contributed by atoms with Gasteiger partial charge in [0.15, 0.2) is 0 Å². The van der Waals surface area contributed by atoms with Crippen molar-refractivity contribution in [1.82, 2.24) is 10.2 Å². The molecule has 1 aliphatic heterocycles. The molecule has 0 atom stereocenters. The van der Waals surface area contributed by atoms with Crippen LogP contribution in [0.4, 0.5) is 4.79 Å². The van der Waals surface area contributed by atoms with E-state index in [2.05, 4.69) is 5.32 Å². The molecule has 0 spiro atoms. The van der Waals surface area contributed by atoms with Crippen LogP contribution in [0.1, 0.15) is 54.4 Å². The normalized spacial score (nSPS) is 16.2. The number of alkyl carbamates (subject to hydrolysis) is 1. The third-order valence-corrected chi connectivity index (χ3v) is 2.66. The van der Waals surface area contributed by atoms with Crippen molar-refractivity contribution in [3.63, 3.8) is 0 Å². The van der Waals surface area contributed by atoms with Crippen molar-refractivity contribution in [3.8, 4) is 0 Å². The Morgan fingerprint density at radius 2 is 1.63 bits per heavy atom. The zero-order chi connectivity index (χ0) is 15.1. The van der Waals surface area contributed by atoms with E-state index in [1.807, 2.05) is 34.6 Å². The van der Waals surface area contributed by atoms with Crippen molar-refractivity contribution >= 4 is 12.0 Å². The van der Waals surface area contributed by atoms with Crippen molar-refractivity contribution in [1.29, 1.82) is 0 Å². The Balaban J connectivity index is 0.00000154. The van der Waals surface area contributed by atoms with E-state index in [1.54, 1.807) is 11.8 Å². The Kier molecular flexibility index (Phi) is 7.49. The summed E-state index contributed by atoms with van der Waals surface area (Å²) < 4.78 is 5.18. The Morgan fingerprint density at radius 1 is 1.16 bits per heavy atom. The minimum absolute atomic E-state index is 0.0979. The SMILES string of the molecule is CC.CC(=O)N1CCC(NC(=O)OC(C)(C)C)CC1. The zero-order valence-electron chi connectivity index (χ0n) is 13.1. The average Bonchev–Trinajstić information content (AvgIpc) is 2.29. The summed E-state index contributed by atoms with van der Waals surface area (Å²) in [6, 6.07) is 0.112. The number of hydrogen-bond acceptors (Lipinski definition) is 3. The number of ether oxygens (including phenoxy) is 1. The second-order valence-corrected chi connectivity index (χ2v) is 5.43. The van der Waals surface area contributed by atoms with Crippen LogP contribution >= 0.6 is 0 Å². The van der Waals surface area contributed by atoms with E-state index in [4.69, 9.17) is 4.74 Å². The van der Waals surface area contributed by atoms with Crippen molar-refractivity contribution < 1.29 is 14.3 Å². The van der Waals surface area contributed by atoms with Gasteiger partial charge in [-0.2, -0.15) is 0 Å². The van der Waals surface area contributed by atoms with E-state index < -0.39 is 5.60 Å². The number of carbonyl (C=O) groups is 2. The molecule has 5 heteroatoms. The van der Waals surface area contributed by atoms with Crippen molar-refractivity contribution in [2.24, 2.45) is 0 Å². The molecule has 5 nitrogen and oxygen atoms in total. The highest BCUT2D eigenvalue weighted by molar-refractivity contribution is 5.73. The smallest absolute Gasteiger partial charge is 0.407 e. The quantitative estimate of drug-likeness (QED) is 0.798. The van der Waals surface area contributed by atoms with Gasteiger partial charge in [-0.15, -0.1) is 0 Å². The Labute approximate surface area is 116 Å². The number of rotatable bonds is 1. The third kappa shape index (κ3) is 7.70. The van der Waals surface area contributed by atoms with Crippen molar-refractivity contribution in [2.45, 2.75) is 66.0 Å². The zero-order valence-corrected chi connectivity index (χ0v) is 13.1. The first kappa shape index (κ1) is 17.7. The van der Waals surface area contributed by atoms with E-state index in [9.17, 15) is 9.59 Å². The first-order valence-electron chi connectivity index (χ1n) is 7.03. The maximum atomic E-state index is 11.5. The third-order valence-electron chi connectivity index (χ3n) is 2.66. The fourth-order valence-corrected chi connectivity index (χ4v) is 1.81. The molecule has 0 aromatic carbocycles. The fraction of sp³-hybridized carbons (Fsp3) is 0.857. The maximum Gasteiger partial charge on any atom is 0.407 e. The van der Waals surface area contributed by atoms with Gasteiger partial charge in [0.25, 0.3) is 0 Å². The lowest BCUT2D eigenvalue weighted by molar-refractivity contribution is -0.129. The molecule has 1 rings (SSSR count). The number of piperidine rings is 1. The number of amides is 2. The summed E-state index contributed by atoms with van der Waals surface area (Å²) >= 11 is 0. The van der Waals surface area contributed by atoms with Crippen LogP contribution < -0.4 is 5.32 Å². The number of hydrogen-bond donors (Lipinski definition) is 1.